The van der Waals surface area contributed by atoms with Crippen molar-refractivity contribution in [1.82, 2.24) is 0 Å². The van der Waals surface area contributed by atoms with Crippen LogP contribution in [0.15, 0.2) is 52.3 Å². The van der Waals surface area contributed by atoms with Gasteiger partial charge in [-0.25, -0.2) is 0 Å². The lowest BCUT2D eigenvalue weighted by Gasteiger charge is -2.09. The highest BCUT2D eigenvalue weighted by Crippen LogP contribution is 2.31. The second-order valence-corrected chi connectivity index (χ2v) is 5.31. The predicted octanol–water partition coefficient (Wildman–Crippen LogP) is 3.44. The van der Waals surface area contributed by atoms with E-state index in [2.05, 4.69) is 0 Å². The van der Waals surface area contributed by atoms with E-state index >= 15 is 0 Å². The first-order chi connectivity index (χ1) is 9.10. The summed E-state index contributed by atoms with van der Waals surface area (Å²) >= 11 is 1.59. The third-order valence-corrected chi connectivity index (χ3v) is 3.80. The maximum atomic E-state index is 7.65. The summed E-state index contributed by atoms with van der Waals surface area (Å²) in [5, 5.41) is 7.65. The molecule has 0 saturated carbocycles. The van der Waals surface area contributed by atoms with Gasteiger partial charge in [0.2, 0.25) is 0 Å². The van der Waals surface area contributed by atoms with Crippen molar-refractivity contribution < 1.29 is 4.74 Å². The third kappa shape index (κ3) is 3.29. The molecule has 0 heterocycles. The van der Waals surface area contributed by atoms with Crippen molar-refractivity contribution in [3.63, 3.8) is 0 Å². The number of nitrogen functional groups attached to an aromatic ring is 1. The highest BCUT2D eigenvalue weighted by molar-refractivity contribution is 7.99. The highest BCUT2D eigenvalue weighted by Gasteiger charge is 2.07. The van der Waals surface area contributed by atoms with Crippen LogP contribution in [-0.4, -0.2) is 12.9 Å². The van der Waals surface area contributed by atoms with Crippen LogP contribution in [0.25, 0.3) is 0 Å². The molecule has 0 aromatic heterocycles. The molecular weight excluding hydrogens is 256 g/mol. The number of hydrogen-bond donors (Lipinski definition) is 2. The second kappa shape index (κ2) is 5.80. The van der Waals surface area contributed by atoms with Gasteiger partial charge in [-0.2, -0.15) is 0 Å². The molecule has 4 heteroatoms. The lowest BCUT2D eigenvalue weighted by Crippen LogP contribution is -2.12. The Morgan fingerprint density at radius 3 is 2.42 bits per heavy atom. The molecule has 19 heavy (non-hydrogen) atoms. The van der Waals surface area contributed by atoms with Gasteiger partial charge in [-0.15, -0.1) is 0 Å². The summed E-state index contributed by atoms with van der Waals surface area (Å²) < 4.78 is 5.13. The molecular formula is C15H16N2OS. The van der Waals surface area contributed by atoms with E-state index in [0.717, 1.165) is 26.7 Å². The summed E-state index contributed by atoms with van der Waals surface area (Å²) in [5.74, 6) is 0.930. The Balaban J connectivity index is 2.29. The fraction of sp³-hybridized carbons (Fsp3) is 0.133. The molecule has 2 aromatic carbocycles. The van der Waals surface area contributed by atoms with Crippen molar-refractivity contribution in [2.24, 2.45) is 5.73 Å². The number of benzene rings is 2. The van der Waals surface area contributed by atoms with Crippen molar-refractivity contribution >= 4 is 17.6 Å². The molecule has 0 amide bonds. The van der Waals surface area contributed by atoms with Crippen LogP contribution in [0, 0.1) is 12.3 Å². The van der Waals surface area contributed by atoms with Crippen LogP contribution >= 0.6 is 11.8 Å². The standard InChI is InChI=1S/C15H16N2OS/c1-10-3-8-14(13(9-10)15(16)17)19-12-6-4-11(18-2)5-7-12/h3-9H,1-2H3,(H3,16,17). The van der Waals surface area contributed by atoms with Crippen LogP contribution in [0.1, 0.15) is 11.1 Å². The zero-order chi connectivity index (χ0) is 13.8. The number of hydrogen-bond acceptors (Lipinski definition) is 3. The van der Waals surface area contributed by atoms with Crippen LogP contribution in [0.2, 0.25) is 0 Å². The highest BCUT2D eigenvalue weighted by atomic mass is 32.2. The molecule has 0 saturated heterocycles. The van der Waals surface area contributed by atoms with Gasteiger partial charge in [0.15, 0.2) is 0 Å². The molecule has 0 fully saturated rings. The minimum atomic E-state index is 0.0970. The van der Waals surface area contributed by atoms with Crippen LogP contribution < -0.4 is 10.5 Å². The third-order valence-electron chi connectivity index (χ3n) is 2.71. The first-order valence-electron chi connectivity index (χ1n) is 5.87. The lowest BCUT2D eigenvalue weighted by atomic mass is 10.1. The summed E-state index contributed by atoms with van der Waals surface area (Å²) in [6, 6.07) is 13.8. The Hall–Kier alpha value is -1.94. The summed E-state index contributed by atoms with van der Waals surface area (Å²) in [5.41, 5.74) is 7.51. The van der Waals surface area contributed by atoms with Crippen LogP contribution in [0.4, 0.5) is 0 Å². The van der Waals surface area contributed by atoms with Gasteiger partial charge in [-0.3, -0.25) is 5.41 Å². The fourth-order valence-electron chi connectivity index (χ4n) is 1.71. The Bertz CT molecular complexity index is 594. The number of nitrogens with one attached hydrogen (secondary N) is 1. The van der Waals surface area contributed by atoms with Gasteiger partial charge >= 0.3 is 0 Å². The van der Waals surface area contributed by atoms with Crippen LogP contribution in [-0.2, 0) is 0 Å². The van der Waals surface area contributed by atoms with Gasteiger partial charge < -0.3 is 10.5 Å². The Morgan fingerprint density at radius 2 is 1.84 bits per heavy atom. The SMILES string of the molecule is COc1ccc(Sc2ccc(C)cc2C(=N)N)cc1. The zero-order valence-electron chi connectivity index (χ0n) is 10.9. The maximum Gasteiger partial charge on any atom is 0.123 e. The Kier molecular flexibility index (Phi) is 4.12. The van der Waals surface area contributed by atoms with Gasteiger partial charge in [0.05, 0.1) is 7.11 Å². The van der Waals surface area contributed by atoms with E-state index in [1.54, 1.807) is 18.9 Å². The molecule has 0 atom stereocenters. The molecule has 0 aliphatic rings. The smallest absolute Gasteiger partial charge is 0.123 e. The number of rotatable bonds is 4. The molecule has 3 N–H and O–H groups in total. The number of amidine groups is 1. The summed E-state index contributed by atoms with van der Waals surface area (Å²) in [6.07, 6.45) is 0. The van der Waals surface area contributed by atoms with Gasteiger partial charge in [0.25, 0.3) is 0 Å². The fourth-order valence-corrected chi connectivity index (χ4v) is 2.66. The lowest BCUT2D eigenvalue weighted by molar-refractivity contribution is 0.414. The topological polar surface area (TPSA) is 59.1 Å². The summed E-state index contributed by atoms with van der Waals surface area (Å²) in [6.45, 7) is 1.99. The van der Waals surface area contributed by atoms with Crippen LogP contribution in [0.3, 0.4) is 0 Å². The largest absolute Gasteiger partial charge is 0.497 e. The minimum Gasteiger partial charge on any atom is -0.497 e. The zero-order valence-corrected chi connectivity index (χ0v) is 11.8. The van der Waals surface area contributed by atoms with Crippen LogP contribution in [0.5, 0.6) is 5.75 Å². The summed E-state index contributed by atoms with van der Waals surface area (Å²) in [4.78, 5) is 2.08. The summed E-state index contributed by atoms with van der Waals surface area (Å²) in [7, 11) is 1.65. The van der Waals surface area contributed by atoms with Crippen molar-refractivity contribution in [2.75, 3.05) is 7.11 Å². The van der Waals surface area contributed by atoms with Crippen molar-refractivity contribution in [3.8, 4) is 5.75 Å². The van der Waals surface area contributed by atoms with Crippen molar-refractivity contribution in [1.29, 1.82) is 5.41 Å². The van der Waals surface area contributed by atoms with E-state index in [4.69, 9.17) is 15.9 Å². The van der Waals surface area contributed by atoms with E-state index in [1.165, 1.54) is 0 Å². The van der Waals surface area contributed by atoms with Gasteiger partial charge in [0, 0.05) is 15.4 Å². The predicted molar refractivity (Wildman–Crippen MR) is 79.3 cm³/mol. The van der Waals surface area contributed by atoms with Crippen molar-refractivity contribution in [2.45, 2.75) is 16.7 Å². The number of nitrogens with two attached hydrogens (primary N) is 1. The minimum absolute atomic E-state index is 0.0970. The molecule has 0 aliphatic carbocycles. The van der Waals surface area contributed by atoms with E-state index < -0.39 is 0 Å². The van der Waals surface area contributed by atoms with E-state index in [1.807, 2.05) is 49.4 Å². The maximum absolute atomic E-state index is 7.65. The normalized spacial score (nSPS) is 10.2. The van der Waals surface area contributed by atoms with Gasteiger partial charge in [0.1, 0.15) is 11.6 Å². The quantitative estimate of drug-likeness (QED) is 0.662. The second-order valence-electron chi connectivity index (χ2n) is 4.19. The van der Waals surface area contributed by atoms with Gasteiger partial charge in [-0.1, -0.05) is 23.4 Å². The van der Waals surface area contributed by atoms with Crippen molar-refractivity contribution in [3.05, 3.63) is 53.6 Å². The van der Waals surface area contributed by atoms with E-state index in [-0.39, 0.29) is 5.84 Å². The average Bonchev–Trinajstić information content (AvgIpc) is 2.41. The molecule has 0 spiro atoms. The van der Waals surface area contributed by atoms with Gasteiger partial charge in [-0.05, 0) is 43.3 Å². The average molecular weight is 272 g/mol. The molecule has 0 radical (unpaired) electrons. The monoisotopic (exact) mass is 272 g/mol. The number of aryl methyl sites for hydroxylation is 1. The molecule has 2 aromatic rings. The Morgan fingerprint density at radius 1 is 1.16 bits per heavy atom. The Labute approximate surface area is 117 Å². The molecule has 3 nitrogen and oxygen atoms in total. The van der Waals surface area contributed by atoms with E-state index in [0.29, 0.717) is 0 Å². The van der Waals surface area contributed by atoms with E-state index in [9.17, 15) is 0 Å². The molecule has 2 rings (SSSR count). The molecule has 0 unspecified atom stereocenters. The molecule has 98 valence electrons. The first-order valence-corrected chi connectivity index (χ1v) is 6.69. The number of ether oxygens (including phenoxy) is 1. The first kappa shape index (κ1) is 13.5. The molecule has 0 bridgehead atoms. The molecule has 0 aliphatic heterocycles. The number of methoxy groups -OCH3 is 1.